The van der Waals surface area contributed by atoms with Gasteiger partial charge in [-0.25, -0.2) is 8.78 Å². The summed E-state index contributed by atoms with van der Waals surface area (Å²) in [5.41, 5.74) is -0.435. The van der Waals surface area contributed by atoms with Gasteiger partial charge < -0.3 is 24.0 Å². The molecule has 8 nitrogen and oxygen atoms in total. The van der Waals surface area contributed by atoms with Gasteiger partial charge in [-0.3, -0.25) is 14.9 Å². The molecule has 0 spiro atoms. The molecule has 2 N–H and O–H groups in total. The number of nitrogens with zero attached hydrogens (tertiary/aromatic N) is 2. The molecule has 2 aromatic rings. The second-order valence-corrected chi connectivity index (χ2v) is 7.87. The highest BCUT2D eigenvalue weighted by Gasteiger charge is 2.41. The standard InChI is InChI=1S/C22H25F2N3O5/c1-3-31-20-18-22(30)27-12(2)6-7-32-17(27)11-26(18)10-15(19(20)28)21(29)25-9-13-4-5-14(23)8-16(13)24/h4-5,8,10,12,17,21,25,29H,3,6-7,9,11H2,1-2H3/t12-,17+,21?/m1/s1. The van der Waals surface area contributed by atoms with Crippen LogP contribution in [0.5, 0.6) is 5.75 Å². The van der Waals surface area contributed by atoms with E-state index in [0.717, 1.165) is 12.1 Å². The maximum atomic E-state index is 13.9. The number of carbonyl (C=O) groups is 1. The molecule has 1 saturated heterocycles. The maximum Gasteiger partial charge on any atom is 0.276 e. The van der Waals surface area contributed by atoms with Crippen LogP contribution in [0.3, 0.4) is 0 Å². The first kappa shape index (κ1) is 22.4. The second-order valence-electron chi connectivity index (χ2n) is 7.87. The van der Waals surface area contributed by atoms with Gasteiger partial charge in [-0.15, -0.1) is 0 Å². The molecular formula is C22H25F2N3O5. The first-order chi connectivity index (χ1) is 15.3. The van der Waals surface area contributed by atoms with Gasteiger partial charge in [0.2, 0.25) is 5.43 Å². The molecule has 10 heteroatoms. The summed E-state index contributed by atoms with van der Waals surface area (Å²) in [6.07, 6.45) is 0.138. The molecule has 172 valence electrons. The molecule has 4 rings (SSSR count). The number of ether oxygens (including phenoxy) is 2. The molecule has 2 aliphatic rings. The van der Waals surface area contributed by atoms with Crippen LogP contribution < -0.4 is 15.5 Å². The number of aromatic nitrogens is 1. The predicted octanol–water partition coefficient (Wildman–Crippen LogP) is 1.90. The average molecular weight is 449 g/mol. The molecule has 0 bridgehead atoms. The van der Waals surface area contributed by atoms with Crippen LogP contribution in [0.2, 0.25) is 0 Å². The van der Waals surface area contributed by atoms with Crippen molar-refractivity contribution in [1.29, 1.82) is 0 Å². The van der Waals surface area contributed by atoms with E-state index in [1.807, 2.05) is 6.92 Å². The van der Waals surface area contributed by atoms with Crippen molar-refractivity contribution in [1.82, 2.24) is 14.8 Å². The summed E-state index contributed by atoms with van der Waals surface area (Å²) in [5.74, 6) is -1.98. The molecule has 0 radical (unpaired) electrons. The topological polar surface area (TPSA) is 93.0 Å². The summed E-state index contributed by atoms with van der Waals surface area (Å²) in [5, 5.41) is 13.3. The van der Waals surface area contributed by atoms with Gasteiger partial charge in [-0.1, -0.05) is 6.07 Å². The summed E-state index contributed by atoms with van der Waals surface area (Å²) in [6, 6.07) is 3.06. The fourth-order valence-corrected chi connectivity index (χ4v) is 4.12. The second kappa shape index (κ2) is 8.97. The number of hydrogen-bond donors (Lipinski definition) is 2. The number of nitrogens with one attached hydrogen (secondary N) is 1. The van der Waals surface area contributed by atoms with Crippen LogP contribution in [-0.4, -0.2) is 46.0 Å². The number of benzene rings is 1. The molecule has 1 amide bonds. The molecule has 3 atom stereocenters. The number of halogens is 2. The molecule has 2 aliphatic heterocycles. The van der Waals surface area contributed by atoms with E-state index in [4.69, 9.17) is 9.47 Å². The monoisotopic (exact) mass is 449 g/mol. The number of fused-ring (bicyclic) bond motifs is 2. The summed E-state index contributed by atoms with van der Waals surface area (Å²) < 4.78 is 39.9. The molecule has 3 heterocycles. The van der Waals surface area contributed by atoms with E-state index in [-0.39, 0.29) is 54.2 Å². The van der Waals surface area contributed by atoms with E-state index >= 15 is 0 Å². The van der Waals surface area contributed by atoms with Crippen LogP contribution in [0, 0.1) is 11.6 Å². The minimum atomic E-state index is -1.47. The number of rotatable bonds is 6. The molecule has 1 fully saturated rings. The zero-order valence-corrected chi connectivity index (χ0v) is 17.8. The lowest BCUT2D eigenvalue weighted by atomic mass is 10.1. The zero-order chi connectivity index (χ0) is 23.0. The Hall–Kier alpha value is -2.82. The third-order valence-electron chi connectivity index (χ3n) is 5.77. The Labute approximate surface area is 183 Å². The smallest absolute Gasteiger partial charge is 0.276 e. The normalized spacial score (nSPS) is 21.2. The Kier molecular flexibility index (Phi) is 6.27. The lowest BCUT2D eigenvalue weighted by Crippen LogP contribution is -2.57. The van der Waals surface area contributed by atoms with Crippen LogP contribution in [-0.2, 0) is 17.8 Å². The SMILES string of the molecule is CCOc1c2n(cc(C(O)NCc3ccc(F)cc3F)c1=O)C[C@@H]1OCC[C@@H](C)N1C2=O. The highest BCUT2D eigenvalue weighted by molar-refractivity contribution is 5.96. The fraction of sp³-hybridized carbons (Fsp3) is 0.455. The molecular weight excluding hydrogens is 424 g/mol. The van der Waals surface area contributed by atoms with Crippen molar-refractivity contribution in [3.63, 3.8) is 0 Å². The summed E-state index contributed by atoms with van der Waals surface area (Å²) in [7, 11) is 0. The molecule has 32 heavy (non-hydrogen) atoms. The molecule has 1 aromatic carbocycles. The van der Waals surface area contributed by atoms with Crippen LogP contribution in [0.4, 0.5) is 8.78 Å². The van der Waals surface area contributed by atoms with Gasteiger partial charge >= 0.3 is 0 Å². The van der Waals surface area contributed by atoms with Crippen molar-refractivity contribution in [3.8, 4) is 5.75 Å². The van der Waals surface area contributed by atoms with E-state index in [1.165, 1.54) is 12.3 Å². The van der Waals surface area contributed by atoms with E-state index in [2.05, 4.69) is 5.32 Å². The third kappa shape index (κ3) is 4.01. The van der Waals surface area contributed by atoms with Crippen LogP contribution in [0.25, 0.3) is 0 Å². The first-order valence-electron chi connectivity index (χ1n) is 10.5. The first-order valence-corrected chi connectivity index (χ1v) is 10.5. The number of pyridine rings is 1. The lowest BCUT2D eigenvalue weighted by Gasteiger charge is -2.44. The highest BCUT2D eigenvalue weighted by Crippen LogP contribution is 2.30. The van der Waals surface area contributed by atoms with E-state index in [1.54, 1.807) is 16.4 Å². The maximum absolute atomic E-state index is 13.9. The molecule has 0 aliphatic carbocycles. The third-order valence-corrected chi connectivity index (χ3v) is 5.77. The van der Waals surface area contributed by atoms with E-state index < -0.39 is 29.5 Å². The van der Waals surface area contributed by atoms with Crippen molar-refractivity contribution in [2.24, 2.45) is 0 Å². The minimum absolute atomic E-state index is 0.0443. The highest BCUT2D eigenvalue weighted by atomic mass is 19.1. The van der Waals surface area contributed by atoms with Crippen molar-refractivity contribution in [2.45, 2.75) is 51.9 Å². The van der Waals surface area contributed by atoms with Gasteiger partial charge in [0.15, 0.2) is 17.7 Å². The van der Waals surface area contributed by atoms with Gasteiger partial charge in [0.25, 0.3) is 5.91 Å². The van der Waals surface area contributed by atoms with Crippen LogP contribution in [0.1, 0.15) is 48.1 Å². The van der Waals surface area contributed by atoms with Crippen molar-refractivity contribution in [3.05, 3.63) is 63.1 Å². The minimum Gasteiger partial charge on any atom is -0.488 e. The van der Waals surface area contributed by atoms with Gasteiger partial charge in [0, 0.05) is 30.4 Å². The molecule has 0 saturated carbocycles. The Morgan fingerprint density at radius 1 is 1.34 bits per heavy atom. The lowest BCUT2D eigenvalue weighted by molar-refractivity contribution is -0.112. The summed E-state index contributed by atoms with van der Waals surface area (Å²) in [4.78, 5) is 28.0. The quantitative estimate of drug-likeness (QED) is 0.655. The summed E-state index contributed by atoms with van der Waals surface area (Å²) >= 11 is 0. The van der Waals surface area contributed by atoms with Gasteiger partial charge in [0.1, 0.15) is 17.9 Å². The number of amides is 1. The number of hydrogen-bond acceptors (Lipinski definition) is 6. The number of carbonyl (C=O) groups excluding carboxylic acids is 1. The fourth-order valence-electron chi connectivity index (χ4n) is 4.12. The van der Waals surface area contributed by atoms with Gasteiger partial charge in [-0.2, -0.15) is 0 Å². The van der Waals surface area contributed by atoms with E-state index in [0.29, 0.717) is 13.0 Å². The summed E-state index contributed by atoms with van der Waals surface area (Å²) in [6.45, 7) is 4.42. The van der Waals surface area contributed by atoms with Crippen LogP contribution in [0.15, 0.2) is 29.2 Å². The Balaban J connectivity index is 1.67. The van der Waals surface area contributed by atoms with Crippen LogP contribution >= 0.6 is 0 Å². The van der Waals surface area contributed by atoms with Crippen molar-refractivity contribution >= 4 is 5.91 Å². The largest absolute Gasteiger partial charge is 0.488 e. The number of aliphatic hydroxyl groups excluding tert-OH is 1. The molecule has 1 aromatic heterocycles. The van der Waals surface area contributed by atoms with E-state index in [9.17, 15) is 23.5 Å². The zero-order valence-electron chi connectivity index (χ0n) is 17.8. The Bertz CT molecular complexity index is 1090. The van der Waals surface area contributed by atoms with Crippen molar-refractivity contribution in [2.75, 3.05) is 13.2 Å². The Morgan fingerprint density at radius 3 is 2.84 bits per heavy atom. The van der Waals surface area contributed by atoms with Gasteiger partial charge in [-0.05, 0) is 26.3 Å². The Morgan fingerprint density at radius 2 is 2.12 bits per heavy atom. The predicted molar refractivity (Wildman–Crippen MR) is 110 cm³/mol. The molecule has 1 unspecified atom stereocenters. The van der Waals surface area contributed by atoms with Crippen molar-refractivity contribution < 1.29 is 28.2 Å². The number of aliphatic hydroxyl groups is 1. The average Bonchev–Trinajstić information content (AvgIpc) is 2.75. The van der Waals surface area contributed by atoms with Gasteiger partial charge in [0.05, 0.1) is 25.3 Å².